The van der Waals surface area contributed by atoms with Gasteiger partial charge in [0.15, 0.2) is 0 Å². The molecule has 0 aliphatic rings. The predicted octanol–water partition coefficient (Wildman–Crippen LogP) is -0.853. The van der Waals surface area contributed by atoms with Crippen LogP contribution < -0.4 is 5.73 Å². The molecule has 3 atom stereocenters. The summed E-state index contributed by atoms with van der Waals surface area (Å²) in [5.41, 5.74) is 4.88. The van der Waals surface area contributed by atoms with Crippen molar-refractivity contribution >= 4 is 0 Å². The number of nitrogens with two attached hydrogens (primary N) is 1. The first-order valence-electron chi connectivity index (χ1n) is 6.64. The van der Waals surface area contributed by atoms with Crippen LogP contribution in [0.3, 0.4) is 0 Å². The number of hydrogen-bond acceptors (Lipinski definition) is 6. The molecule has 0 aliphatic heterocycles. The van der Waals surface area contributed by atoms with E-state index in [0.29, 0.717) is 19.6 Å². The van der Waals surface area contributed by atoms with Crippen molar-refractivity contribution in [2.75, 3.05) is 26.2 Å². The molecule has 0 saturated carbocycles. The van der Waals surface area contributed by atoms with Crippen LogP contribution in [0.1, 0.15) is 34.6 Å². The Morgan fingerprint density at radius 2 is 1.11 bits per heavy atom. The zero-order valence-electron chi connectivity index (χ0n) is 12.9. The van der Waals surface area contributed by atoms with Gasteiger partial charge in [-0.15, -0.1) is 0 Å². The van der Waals surface area contributed by atoms with Crippen LogP contribution in [-0.4, -0.2) is 75.4 Å². The highest BCUT2D eigenvalue weighted by Crippen LogP contribution is 1.97. The summed E-state index contributed by atoms with van der Waals surface area (Å²) >= 11 is 0. The molecule has 0 radical (unpaired) electrons. The minimum absolute atomic E-state index is 0.0486. The summed E-state index contributed by atoms with van der Waals surface area (Å²) < 4.78 is 0. The first-order chi connectivity index (χ1) is 8.47. The van der Waals surface area contributed by atoms with Gasteiger partial charge in [-0.1, -0.05) is 0 Å². The van der Waals surface area contributed by atoms with Crippen molar-refractivity contribution < 1.29 is 20.4 Å². The van der Waals surface area contributed by atoms with E-state index in [9.17, 15) is 0 Å². The van der Waals surface area contributed by atoms with Crippen LogP contribution in [0.2, 0.25) is 0 Å². The number of rotatable bonds is 7. The molecule has 6 N–H and O–H groups in total. The third-order valence-electron chi connectivity index (χ3n) is 1.97. The molecule has 118 valence electrons. The monoisotopic (exact) mass is 280 g/mol. The van der Waals surface area contributed by atoms with E-state index in [-0.39, 0.29) is 6.61 Å². The molecule has 0 heterocycles. The molecule has 0 aromatic rings. The summed E-state index contributed by atoms with van der Waals surface area (Å²) in [5.74, 6) is 0. The van der Waals surface area contributed by atoms with Gasteiger partial charge in [0, 0.05) is 25.2 Å². The summed E-state index contributed by atoms with van der Waals surface area (Å²) in [5, 5.41) is 35.7. The SMILES string of the molecule is CC(C)(N)CO.CC(O)CN(CC(C)O)CC(C)O. The zero-order chi connectivity index (χ0) is 15.6. The fourth-order valence-corrected chi connectivity index (χ4v) is 1.34. The lowest BCUT2D eigenvalue weighted by atomic mass is 10.1. The highest BCUT2D eigenvalue weighted by atomic mass is 16.3. The topological polar surface area (TPSA) is 110 Å². The fourth-order valence-electron chi connectivity index (χ4n) is 1.34. The summed E-state index contributed by atoms with van der Waals surface area (Å²) in [6, 6.07) is 0. The maximum atomic E-state index is 9.14. The molecular weight excluding hydrogens is 248 g/mol. The Labute approximate surface area is 116 Å². The molecule has 3 unspecified atom stereocenters. The average molecular weight is 280 g/mol. The second-order valence-corrected chi connectivity index (χ2v) is 5.91. The van der Waals surface area contributed by atoms with E-state index in [1.54, 1.807) is 34.6 Å². The van der Waals surface area contributed by atoms with Crippen molar-refractivity contribution in [1.82, 2.24) is 4.90 Å². The van der Waals surface area contributed by atoms with Crippen LogP contribution >= 0.6 is 0 Å². The standard InChI is InChI=1S/C9H21NO3.C4H11NO/c1-7(11)4-10(5-8(2)12)6-9(3)13;1-4(2,5)3-6/h7-9,11-13H,4-6H2,1-3H3;6H,3,5H2,1-2H3. The lowest BCUT2D eigenvalue weighted by molar-refractivity contribution is 0.0530. The Morgan fingerprint density at radius 3 is 1.21 bits per heavy atom. The van der Waals surface area contributed by atoms with Gasteiger partial charge in [-0.25, -0.2) is 0 Å². The van der Waals surface area contributed by atoms with Crippen LogP contribution in [0.4, 0.5) is 0 Å². The van der Waals surface area contributed by atoms with E-state index < -0.39 is 23.9 Å². The zero-order valence-corrected chi connectivity index (χ0v) is 12.9. The van der Waals surface area contributed by atoms with Gasteiger partial charge >= 0.3 is 0 Å². The van der Waals surface area contributed by atoms with Crippen molar-refractivity contribution in [3.63, 3.8) is 0 Å². The third kappa shape index (κ3) is 20.2. The van der Waals surface area contributed by atoms with Crippen molar-refractivity contribution in [3.8, 4) is 0 Å². The van der Waals surface area contributed by atoms with Crippen LogP contribution in [0.5, 0.6) is 0 Å². The predicted molar refractivity (Wildman–Crippen MR) is 76.8 cm³/mol. The Morgan fingerprint density at radius 1 is 0.895 bits per heavy atom. The summed E-state index contributed by atoms with van der Waals surface area (Å²) in [6.45, 7) is 10.1. The van der Waals surface area contributed by atoms with Gasteiger partial charge in [0.05, 0.1) is 24.9 Å². The van der Waals surface area contributed by atoms with E-state index in [1.165, 1.54) is 0 Å². The molecule has 0 bridgehead atoms. The van der Waals surface area contributed by atoms with Crippen LogP contribution in [0.15, 0.2) is 0 Å². The lowest BCUT2D eigenvalue weighted by Crippen LogP contribution is -2.40. The Bertz CT molecular complexity index is 180. The van der Waals surface area contributed by atoms with Gasteiger partial charge in [-0.2, -0.15) is 0 Å². The van der Waals surface area contributed by atoms with E-state index in [1.807, 2.05) is 4.90 Å². The molecule has 19 heavy (non-hydrogen) atoms. The molecule has 6 nitrogen and oxygen atoms in total. The van der Waals surface area contributed by atoms with Crippen molar-refractivity contribution in [1.29, 1.82) is 0 Å². The fraction of sp³-hybridized carbons (Fsp3) is 1.00. The lowest BCUT2D eigenvalue weighted by Gasteiger charge is -2.25. The molecule has 0 amide bonds. The van der Waals surface area contributed by atoms with E-state index in [2.05, 4.69) is 0 Å². The largest absolute Gasteiger partial charge is 0.394 e. The summed E-state index contributed by atoms with van der Waals surface area (Å²) in [6.07, 6.45) is -1.30. The first-order valence-corrected chi connectivity index (χ1v) is 6.64. The summed E-state index contributed by atoms with van der Waals surface area (Å²) in [7, 11) is 0. The smallest absolute Gasteiger partial charge is 0.0639 e. The molecule has 0 aromatic carbocycles. The normalized spacial score (nSPS) is 16.6. The van der Waals surface area contributed by atoms with Gasteiger partial charge in [-0.3, -0.25) is 4.90 Å². The second-order valence-electron chi connectivity index (χ2n) is 5.91. The Hall–Kier alpha value is -0.240. The average Bonchev–Trinajstić information content (AvgIpc) is 2.13. The molecular formula is C13H32N2O4. The van der Waals surface area contributed by atoms with Crippen LogP contribution in [-0.2, 0) is 0 Å². The molecule has 0 saturated heterocycles. The Kier molecular flexibility index (Phi) is 11.7. The van der Waals surface area contributed by atoms with Gasteiger partial charge in [-0.05, 0) is 34.6 Å². The van der Waals surface area contributed by atoms with Gasteiger partial charge in [0.1, 0.15) is 0 Å². The quantitative estimate of drug-likeness (QED) is 0.415. The molecule has 0 spiro atoms. The third-order valence-corrected chi connectivity index (χ3v) is 1.97. The van der Waals surface area contributed by atoms with Crippen molar-refractivity contribution in [2.45, 2.75) is 58.5 Å². The van der Waals surface area contributed by atoms with Crippen LogP contribution in [0.25, 0.3) is 0 Å². The number of aliphatic hydroxyl groups excluding tert-OH is 4. The van der Waals surface area contributed by atoms with Crippen molar-refractivity contribution in [3.05, 3.63) is 0 Å². The number of nitrogens with zero attached hydrogens (tertiary/aromatic N) is 1. The minimum atomic E-state index is -0.433. The highest BCUT2D eigenvalue weighted by molar-refractivity contribution is 4.68. The molecule has 0 aliphatic carbocycles. The highest BCUT2D eigenvalue weighted by Gasteiger charge is 2.12. The first kappa shape index (κ1) is 21.1. The molecule has 0 fully saturated rings. The van der Waals surface area contributed by atoms with Gasteiger partial charge in [0.2, 0.25) is 0 Å². The second kappa shape index (κ2) is 10.5. The molecule has 6 heteroatoms. The van der Waals surface area contributed by atoms with E-state index in [4.69, 9.17) is 26.2 Å². The van der Waals surface area contributed by atoms with Gasteiger partial charge < -0.3 is 26.2 Å². The maximum Gasteiger partial charge on any atom is 0.0639 e. The van der Waals surface area contributed by atoms with E-state index in [0.717, 1.165) is 0 Å². The number of hydrogen-bond donors (Lipinski definition) is 5. The van der Waals surface area contributed by atoms with Crippen molar-refractivity contribution in [2.24, 2.45) is 5.73 Å². The number of aliphatic hydroxyl groups is 4. The maximum absolute atomic E-state index is 9.14. The Balaban J connectivity index is 0. The minimum Gasteiger partial charge on any atom is -0.394 e. The summed E-state index contributed by atoms with van der Waals surface area (Å²) in [4.78, 5) is 1.85. The molecule has 0 rings (SSSR count). The molecule has 0 aromatic heterocycles. The van der Waals surface area contributed by atoms with Crippen LogP contribution in [0, 0.1) is 0 Å². The van der Waals surface area contributed by atoms with E-state index >= 15 is 0 Å². The van der Waals surface area contributed by atoms with Gasteiger partial charge in [0.25, 0.3) is 0 Å².